The molecule has 0 aliphatic heterocycles. The number of halogens is 1. The molecule has 0 aliphatic rings. The predicted octanol–water partition coefficient (Wildman–Crippen LogP) is 3.90. The summed E-state index contributed by atoms with van der Waals surface area (Å²) < 4.78 is 5.39. The molecule has 2 rings (SSSR count). The molecule has 0 amide bonds. The van der Waals surface area contributed by atoms with Crippen LogP contribution in [0.15, 0.2) is 48.5 Å². The Hall–Kier alpha value is -2.40. The van der Waals surface area contributed by atoms with E-state index >= 15 is 0 Å². The number of ketones is 1. The Morgan fingerprint density at radius 3 is 2.52 bits per heavy atom. The van der Waals surface area contributed by atoms with Gasteiger partial charge in [0.25, 0.3) is 5.69 Å². The molecular weight excluding hydrogens is 294 g/mol. The molecule has 108 valence electrons. The summed E-state index contributed by atoms with van der Waals surface area (Å²) in [4.78, 5) is 21.9. The second kappa shape index (κ2) is 6.85. The highest BCUT2D eigenvalue weighted by Crippen LogP contribution is 2.28. The van der Waals surface area contributed by atoms with Crippen LogP contribution in [0.4, 0.5) is 5.69 Å². The van der Waals surface area contributed by atoms with Gasteiger partial charge in [0.2, 0.25) is 0 Å². The number of nitro benzene ring substituents is 1. The van der Waals surface area contributed by atoms with Crippen molar-refractivity contribution in [3.8, 4) is 5.75 Å². The number of Topliss-reactive ketones (excluding diaryl/α,β-unsaturated/α-hetero) is 1. The zero-order chi connectivity index (χ0) is 15.2. The third-order valence-electron chi connectivity index (χ3n) is 2.81. The molecule has 0 aliphatic carbocycles. The predicted molar refractivity (Wildman–Crippen MR) is 79.0 cm³/mol. The number of hydrogen-bond acceptors (Lipinski definition) is 4. The van der Waals surface area contributed by atoms with E-state index in [0.717, 1.165) is 0 Å². The lowest BCUT2D eigenvalue weighted by atomic mass is 10.1. The quantitative estimate of drug-likeness (QED) is 0.461. The molecule has 0 saturated carbocycles. The Balaban J connectivity index is 1.91. The summed E-state index contributed by atoms with van der Waals surface area (Å²) in [6.45, 7) is 0.182. The number of benzene rings is 2. The molecule has 2 aromatic rings. The van der Waals surface area contributed by atoms with Gasteiger partial charge in [-0.1, -0.05) is 41.9 Å². The van der Waals surface area contributed by atoms with E-state index in [-0.39, 0.29) is 29.5 Å². The molecule has 5 nitrogen and oxygen atoms in total. The first kappa shape index (κ1) is 15.0. The second-order valence-corrected chi connectivity index (χ2v) is 4.67. The summed E-state index contributed by atoms with van der Waals surface area (Å²) in [6.07, 6.45) is 0.221. The largest absolute Gasteiger partial charge is 0.493 e. The van der Waals surface area contributed by atoms with Crippen molar-refractivity contribution >= 4 is 23.1 Å². The summed E-state index contributed by atoms with van der Waals surface area (Å²) >= 11 is 5.77. The molecule has 0 spiro atoms. The zero-order valence-corrected chi connectivity index (χ0v) is 11.7. The third-order valence-corrected chi connectivity index (χ3v) is 3.11. The fourth-order valence-corrected chi connectivity index (χ4v) is 1.99. The van der Waals surface area contributed by atoms with Crippen LogP contribution in [0.2, 0.25) is 5.02 Å². The summed E-state index contributed by atoms with van der Waals surface area (Å²) in [5, 5.41) is 10.6. The Bertz CT molecular complexity index is 658. The summed E-state index contributed by atoms with van der Waals surface area (Å²) in [5.74, 6) is 0.370. The molecule has 0 unspecified atom stereocenters. The number of carbonyl (C=O) groups excluding carboxylic acids is 1. The van der Waals surface area contributed by atoms with E-state index in [9.17, 15) is 14.9 Å². The van der Waals surface area contributed by atoms with E-state index < -0.39 is 4.92 Å². The van der Waals surface area contributed by atoms with Crippen LogP contribution >= 0.6 is 11.6 Å². The van der Waals surface area contributed by atoms with Crippen molar-refractivity contribution in [1.29, 1.82) is 0 Å². The minimum atomic E-state index is -0.564. The monoisotopic (exact) mass is 305 g/mol. The van der Waals surface area contributed by atoms with Gasteiger partial charge >= 0.3 is 0 Å². The van der Waals surface area contributed by atoms with Gasteiger partial charge in [-0.2, -0.15) is 0 Å². The first-order valence-corrected chi connectivity index (χ1v) is 6.60. The van der Waals surface area contributed by atoms with Crippen LogP contribution < -0.4 is 4.74 Å². The Labute approximate surface area is 126 Å². The van der Waals surface area contributed by atoms with Crippen molar-refractivity contribution < 1.29 is 14.5 Å². The van der Waals surface area contributed by atoms with Gasteiger partial charge in [0.15, 0.2) is 5.78 Å². The standard InChI is InChI=1S/C15H12ClNO4/c16-13-10-12(6-7-14(13)17(19)20)21-9-8-15(18)11-4-2-1-3-5-11/h1-7,10H,8-9H2. The van der Waals surface area contributed by atoms with Crippen LogP contribution in [0.3, 0.4) is 0 Å². The highest BCUT2D eigenvalue weighted by atomic mass is 35.5. The lowest BCUT2D eigenvalue weighted by molar-refractivity contribution is -0.384. The molecule has 0 aromatic heterocycles. The maximum atomic E-state index is 11.8. The van der Waals surface area contributed by atoms with Crippen molar-refractivity contribution in [2.24, 2.45) is 0 Å². The SMILES string of the molecule is O=C(CCOc1ccc([N+](=O)[O-])c(Cl)c1)c1ccccc1. The Morgan fingerprint density at radius 2 is 1.90 bits per heavy atom. The first-order chi connectivity index (χ1) is 10.1. The van der Waals surface area contributed by atoms with Gasteiger partial charge < -0.3 is 4.74 Å². The molecule has 0 bridgehead atoms. The van der Waals surface area contributed by atoms with E-state index in [1.54, 1.807) is 24.3 Å². The molecule has 0 N–H and O–H groups in total. The summed E-state index contributed by atoms with van der Waals surface area (Å²) in [7, 11) is 0. The maximum absolute atomic E-state index is 11.8. The average Bonchev–Trinajstić information content (AvgIpc) is 2.47. The molecule has 0 fully saturated rings. The fourth-order valence-electron chi connectivity index (χ4n) is 1.76. The van der Waals surface area contributed by atoms with Gasteiger partial charge in [-0.15, -0.1) is 0 Å². The fraction of sp³-hybridized carbons (Fsp3) is 0.133. The Morgan fingerprint density at radius 1 is 1.19 bits per heavy atom. The number of nitrogens with zero attached hydrogens (tertiary/aromatic N) is 1. The van der Waals surface area contributed by atoms with Gasteiger partial charge in [-0.05, 0) is 6.07 Å². The number of nitro groups is 1. The van der Waals surface area contributed by atoms with Gasteiger partial charge in [-0.25, -0.2) is 0 Å². The zero-order valence-electron chi connectivity index (χ0n) is 11.0. The molecule has 0 saturated heterocycles. The number of carbonyl (C=O) groups is 1. The van der Waals surface area contributed by atoms with E-state index in [4.69, 9.17) is 16.3 Å². The van der Waals surface area contributed by atoms with E-state index in [1.165, 1.54) is 18.2 Å². The molecule has 0 radical (unpaired) electrons. The highest BCUT2D eigenvalue weighted by Gasteiger charge is 2.13. The first-order valence-electron chi connectivity index (χ1n) is 6.23. The van der Waals surface area contributed by atoms with Gasteiger partial charge in [0.1, 0.15) is 10.8 Å². The third kappa shape index (κ3) is 4.03. The maximum Gasteiger partial charge on any atom is 0.288 e. The van der Waals surface area contributed by atoms with Crippen molar-refractivity contribution in [2.75, 3.05) is 6.61 Å². The topological polar surface area (TPSA) is 69.4 Å². The van der Waals surface area contributed by atoms with Crippen LogP contribution in [-0.2, 0) is 0 Å². The summed E-state index contributed by atoms with van der Waals surface area (Å²) in [5.41, 5.74) is 0.451. The van der Waals surface area contributed by atoms with Crippen LogP contribution in [0.1, 0.15) is 16.8 Å². The van der Waals surface area contributed by atoms with Crippen LogP contribution in [-0.4, -0.2) is 17.3 Å². The highest BCUT2D eigenvalue weighted by molar-refractivity contribution is 6.32. The van der Waals surface area contributed by atoms with Crippen LogP contribution in [0.25, 0.3) is 0 Å². The molecule has 0 atom stereocenters. The van der Waals surface area contributed by atoms with Crippen LogP contribution in [0, 0.1) is 10.1 Å². The molecule has 6 heteroatoms. The molecule has 2 aromatic carbocycles. The molecule has 0 heterocycles. The Kier molecular flexibility index (Phi) is 4.90. The normalized spacial score (nSPS) is 10.1. The second-order valence-electron chi connectivity index (χ2n) is 4.26. The summed E-state index contributed by atoms with van der Waals surface area (Å²) in [6, 6.07) is 13.0. The van der Waals surface area contributed by atoms with Gasteiger partial charge in [0.05, 0.1) is 11.5 Å². The van der Waals surface area contributed by atoms with Crippen molar-refractivity contribution in [3.63, 3.8) is 0 Å². The van der Waals surface area contributed by atoms with Gasteiger partial charge in [-0.3, -0.25) is 14.9 Å². The number of ether oxygens (including phenoxy) is 1. The number of hydrogen-bond donors (Lipinski definition) is 0. The van der Waals surface area contributed by atoms with E-state index in [0.29, 0.717) is 11.3 Å². The lowest BCUT2D eigenvalue weighted by Gasteiger charge is -2.06. The molecule has 21 heavy (non-hydrogen) atoms. The van der Waals surface area contributed by atoms with Gasteiger partial charge in [0, 0.05) is 24.1 Å². The van der Waals surface area contributed by atoms with Crippen molar-refractivity contribution in [3.05, 3.63) is 69.2 Å². The van der Waals surface area contributed by atoms with Crippen molar-refractivity contribution in [2.45, 2.75) is 6.42 Å². The smallest absolute Gasteiger partial charge is 0.288 e. The lowest BCUT2D eigenvalue weighted by Crippen LogP contribution is -2.06. The average molecular weight is 306 g/mol. The minimum absolute atomic E-state index is 0.00638. The number of rotatable bonds is 6. The van der Waals surface area contributed by atoms with E-state index in [2.05, 4.69) is 0 Å². The minimum Gasteiger partial charge on any atom is -0.493 e. The van der Waals surface area contributed by atoms with Crippen molar-refractivity contribution in [1.82, 2.24) is 0 Å². The van der Waals surface area contributed by atoms with E-state index in [1.807, 2.05) is 6.07 Å². The molecular formula is C15H12ClNO4. The van der Waals surface area contributed by atoms with Crippen LogP contribution in [0.5, 0.6) is 5.75 Å².